The Morgan fingerprint density at radius 1 is 0.923 bits per heavy atom. The molecule has 3 fully saturated rings. The molecule has 0 spiro atoms. The summed E-state index contributed by atoms with van der Waals surface area (Å²) in [6.45, 7) is 7.02. The summed E-state index contributed by atoms with van der Waals surface area (Å²) in [7, 11) is 2.16. The van der Waals surface area contributed by atoms with Crippen LogP contribution in [-0.4, -0.2) is 70.0 Å². The summed E-state index contributed by atoms with van der Waals surface area (Å²) >= 11 is 0. The average Bonchev–Trinajstić information content (AvgIpc) is 2.89. The van der Waals surface area contributed by atoms with E-state index in [1.807, 2.05) is 0 Å². The van der Waals surface area contributed by atoms with Gasteiger partial charge in [0.1, 0.15) is 11.6 Å². The molecule has 2 saturated heterocycles. The minimum absolute atomic E-state index is 0.544. The van der Waals surface area contributed by atoms with Gasteiger partial charge in [0, 0.05) is 38.6 Å². The smallest absolute Gasteiger partial charge is 0.146 e. The number of morpholine rings is 1. The summed E-state index contributed by atoms with van der Waals surface area (Å²) in [5.41, 5.74) is 0. The van der Waals surface area contributed by atoms with Crippen LogP contribution in [-0.2, 0) is 18.3 Å². The molecule has 1 aromatic rings. The number of nitrogens with zero attached hydrogens (tertiary/aromatic N) is 5. The number of aromatic nitrogens is 3. The van der Waals surface area contributed by atoms with Crippen molar-refractivity contribution in [3.63, 3.8) is 0 Å². The first-order valence-electron chi connectivity index (χ1n) is 10.7. The Hall–Kier alpha value is -0.980. The Balaban J connectivity index is 1.40. The van der Waals surface area contributed by atoms with Crippen LogP contribution < -0.4 is 0 Å². The molecule has 0 N–H and O–H groups in total. The molecule has 0 aromatic carbocycles. The molecule has 6 heteroatoms. The van der Waals surface area contributed by atoms with E-state index in [1.54, 1.807) is 0 Å². The van der Waals surface area contributed by atoms with Crippen molar-refractivity contribution in [2.24, 2.45) is 7.05 Å². The van der Waals surface area contributed by atoms with E-state index < -0.39 is 0 Å². The predicted octanol–water partition coefficient (Wildman–Crippen LogP) is 2.55. The second-order valence-corrected chi connectivity index (χ2v) is 8.40. The van der Waals surface area contributed by atoms with Gasteiger partial charge < -0.3 is 9.30 Å². The lowest BCUT2D eigenvalue weighted by Gasteiger charge is -2.37. The van der Waals surface area contributed by atoms with E-state index in [9.17, 15) is 0 Å². The predicted molar refractivity (Wildman–Crippen MR) is 102 cm³/mol. The highest BCUT2D eigenvalue weighted by molar-refractivity contribution is 5.04. The summed E-state index contributed by atoms with van der Waals surface area (Å²) in [6, 6.07) is 0.807. The Morgan fingerprint density at radius 2 is 1.69 bits per heavy atom. The van der Waals surface area contributed by atoms with Crippen molar-refractivity contribution in [2.75, 3.05) is 39.4 Å². The minimum atomic E-state index is 0.544. The molecule has 146 valence electrons. The summed E-state index contributed by atoms with van der Waals surface area (Å²) < 4.78 is 7.73. The highest BCUT2D eigenvalue weighted by Gasteiger charge is 2.30. The van der Waals surface area contributed by atoms with Gasteiger partial charge in [0.05, 0.1) is 19.8 Å². The van der Waals surface area contributed by atoms with Gasteiger partial charge in [-0.3, -0.25) is 9.80 Å². The molecule has 3 aliphatic rings. The van der Waals surface area contributed by atoms with Gasteiger partial charge in [-0.2, -0.15) is 0 Å². The van der Waals surface area contributed by atoms with Crippen LogP contribution in [0.3, 0.4) is 0 Å². The molecule has 0 amide bonds. The van der Waals surface area contributed by atoms with Crippen LogP contribution in [0.5, 0.6) is 0 Å². The van der Waals surface area contributed by atoms with Gasteiger partial charge in [-0.25, -0.2) is 0 Å². The van der Waals surface area contributed by atoms with E-state index in [-0.39, 0.29) is 0 Å². The van der Waals surface area contributed by atoms with Gasteiger partial charge in [0.25, 0.3) is 0 Å². The summed E-state index contributed by atoms with van der Waals surface area (Å²) in [4.78, 5) is 5.20. The van der Waals surface area contributed by atoms with Crippen molar-refractivity contribution in [3.05, 3.63) is 11.6 Å². The number of likely N-dealkylation sites (tertiary alicyclic amines) is 1. The van der Waals surface area contributed by atoms with E-state index in [0.29, 0.717) is 5.92 Å². The van der Waals surface area contributed by atoms with Gasteiger partial charge in [-0.1, -0.05) is 25.7 Å². The first kappa shape index (κ1) is 18.4. The van der Waals surface area contributed by atoms with Gasteiger partial charge >= 0.3 is 0 Å². The van der Waals surface area contributed by atoms with Gasteiger partial charge in [0.2, 0.25) is 0 Å². The maximum absolute atomic E-state index is 5.46. The van der Waals surface area contributed by atoms with Crippen LogP contribution in [0.25, 0.3) is 0 Å². The van der Waals surface area contributed by atoms with Crippen LogP contribution >= 0.6 is 0 Å². The quantitative estimate of drug-likeness (QED) is 0.771. The fourth-order valence-electron chi connectivity index (χ4n) is 5.00. The standard InChI is InChI=1S/C20H35N5O/c1-23-19(16-24-11-13-26-14-12-24)21-22-20(23)17-7-6-10-25(15-17)18-8-4-2-3-5-9-18/h17-18H,2-16H2,1H3/t17-/m1/s1. The van der Waals surface area contributed by atoms with Crippen LogP contribution in [0, 0.1) is 0 Å². The molecule has 3 heterocycles. The van der Waals surface area contributed by atoms with Crippen LogP contribution in [0.15, 0.2) is 0 Å². The zero-order chi connectivity index (χ0) is 17.8. The Morgan fingerprint density at radius 3 is 2.46 bits per heavy atom. The summed E-state index contributed by atoms with van der Waals surface area (Å²) in [5.74, 6) is 2.85. The number of hydrogen-bond donors (Lipinski definition) is 0. The zero-order valence-electron chi connectivity index (χ0n) is 16.4. The van der Waals surface area contributed by atoms with Crippen LogP contribution in [0.2, 0.25) is 0 Å². The topological polar surface area (TPSA) is 46.4 Å². The van der Waals surface area contributed by atoms with Crippen molar-refractivity contribution in [1.82, 2.24) is 24.6 Å². The van der Waals surface area contributed by atoms with E-state index in [1.165, 1.54) is 70.3 Å². The maximum atomic E-state index is 5.46. The molecule has 0 radical (unpaired) electrons. The van der Waals surface area contributed by atoms with E-state index in [2.05, 4.69) is 31.6 Å². The zero-order valence-corrected chi connectivity index (χ0v) is 16.4. The second-order valence-electron chi connectivity index (χ2n) is 8.40. The molecule has 26 heavy (non-hydrogen) atoms. The van der Waals surface area contributed by atoms with E-state index in [0.717, 1.165) is 44.7 Å². The average molecular weight is 362 g/mol. The molecule has 0 bridgehead atoms. The molecule has 4 rings (SSSR count). The molecule has 6 nitrogen and oxygen atoms in total. The maximum Gasteiger partial charge on any atom is 0.146 e. The third-order valence-corrected chi connectivity index (χ3v) is 6.63. The number of rotatable bonds is 4. The SMILES string of the molecule is Cn1c(CN2CCOCC2)nnc1[C@@H]1CCCN(C2CCCCCC2)C1. The van der Waals surface area contributed by atoms with E-state index >= 15 is 0 Å². The first-order valence-corrected chi connectivity index (χ1v) is 10.7. The lowest BCUT2D eigenvalue weighted by atomic mass is 9.94. The van der Waals surface area contributed by atoms with Crippen LogP contribution in [0.1, 0.15) is 68.9 Å². The highest BCUT2D eigenvalue weighted by atomic mass is 16.5. The van der Waals surface area contributed by atoms with Crippen molar-refractivity contribution < 1.29 is 4.74 Å². The molecule has 1 atom stereocenters. The fourth-order valence-corrected chi connectivity index (χ4v) is 5.00. The lowest BCUT2D eigenvalue weighted by molar-refractivity contribution is 0.0326. The third-order valence-electron chi connectivity index (χ3n) is 6.63. The highest BCUT2D eigenvalue weighted by Crippen LogP contribution is 2.30. The summed E-state index contributed by atoms with van der Waals surface area (Å²) in [6.07, 6.45) is 11.0. The Labute approximate surface area is 157 Å². The molecule has 0 unspecified atom stereocenters. The Kier molecular flexibility index (Phi) is 6.23. The molecule has 1 aromatic heterocycles. The summed E-state index contributed by atoms with van der Waals surface area (Å²) in [5, 5.41) is 9.18. The fraction of sp³-hybridized carbons (Fsp3) is 0.900. The molecule has 1 aliphatic carbocycles. The molecular weight excluding hydrogens is 326 g/mol. The normalized spacial score (nSPS) is 27.5. The number of piperidine rings is 1. The number of hydrogen-bond acceptors (Lipinski definition) is 5. The van der Waals surface area contributed by atoms with Gasteiger partial charge in [-0.05, 0) is 32.2 Å². The van der Waals surface area contributed by atoms with E-state index in [4.69, 9.17) is 4.74 Å². The van der Waals surface area contributed by atoms with Crippen molar-refractivity contribution in [2.45, 2.75) is 69.9 Å². The molecule has 1 saturated carbocycles. The van der Waals surface area contributed by atoms with Crippen molar-refractivity contribution in [3.8, 4) is 0 Å². The molecular formula is C20H35N5O. The minimum Gasteiger partial charge on any atom is -0.379 e. The first-order chi connectivity index (χ1) is 12.8. The van der Waals surface area contributed by atoms with Crippen molar-refractivity contribution >= 4 is 0 Å². The van der Waals surface area contributed by atoms with Crippen LogP contribution in [0.4, 0.5) is 0 Å². The monoisotopic (exact) mass is 361 g/mol. The lowest BCUT2D eigenvalue weighted by Crippen LogP contribution is -2.42. The largest absolute Gasteiger partial charge is 0.379 e. The van der Waals surface area contributed by atoms with Crippen molar-refractivity contribution in [1.29, 1.82) is 0 Å². The second kappa shape index (κ2) is 8.81. The third kappa shape index (κ3) is 4.29. The Bertz CT molecular complexity index is 561. The number of ether oxygens (including phenoxy) is 1. The van der Waals surface area contributed by atoms with Gasteiger partial charge in [0.15, 0.2) is 0 Å². The van der Waals surface area contributed by atoms with Gasteiger partial charge in [-0.15, -0.1) is 10.2 Å². The molecule has 2 aliphatic heterocycles.